The predicted octanol–water partition coefficient (Wildman–Crippen LogP) is 15.3. The molecule has 2 aliphatic carbocycles. The van der Waals surface area contributed by atoms with Gasteiger partial charge in [-0.15, -0.1) is 0 Å². The third kappa shape index (κ3) is 3.91. The van der Waals surface area contributed by atoms with Gasteiger partial charge in [0.25, 0.3) is 0 Å². The Bertz CT molecular complexity index is 3610. The summed E-state index contributed by atoms with van der Waals surface area (Å²) in [6.07, 6.45) is 0. The number of fused-ring (bicyclic) bond motifs is 17. The number of benzene rings is 10. The Morgan fingerprint density at radius 1 is 0.339 bits per heavy atom. The summed E-state index contributed by atoms with van der Waals surface area (Å²) in [5.41, 5.74) is 19.1. The zero-order chi connectivity index (χ0) is 38.4. The van der Waals surface area contributed by atoms with Crippen LogP contribution in [0.15, 0.2) is 199 Å². The van der Waals surface area contributed by atoms with Gasteiger partial charge >= 0.3 is 0 Å². The number of ether oxygens (including phenoxy) is 1. The van der Waals surface area contributed by atoms with Gasteiger partial charge in [0.15, 0.2) is 0 Å². The van der Waals surface area contributed by atoms with Crippen molar-refractivity contribution in [3.63, 3.8) is 0 Å². The van der Waals surface area contributed by atoms with Crippen LogP contribution in [0.4, 0.5) is 0 Å². The molecule has 0 unspecified atom stereocenters. The molecule has 0 bridgehead atoms. The molecule has 0 N–H and O–H groups in total. The van der Waals surface area contributed by atoms with Crippen molar-refractivity contribution in [3.05, 3.63) is 216 Å². The van der Waals surface area contributed by atoms with Crippen molar-refractivity contribution in [1.29, 1.82) is 0 Å². The Balaban J connectivity index is 0.971. The van der Waals surface area contributed by atoms with Crippen LogP contribution in [0.3, 0.4) is 0 Å². The van der Waals surface area contributed by atoms with E-state index in [9.17, 15) is 0 Å². The topological polar surface area (TPSA) is 22.4 Å². The first kappa shape index (κ1) is 31.4. The molecule has 1 spiro atoms. The van der Waals surface area contributed by atoms with Gasteiger partial charge in [0.2, 0.25) is 0 Å². The molecule has 59 heavy (non-hydrogen) atoms. The molecular weight excluding hydrogens is 717 g/mol. The van der Waals surface area contributed by atoms with Crippen molar-refractivity contribution in [2.75, 3.05) is 0 Å². The molecule has 0 fully saturated rings. The standard InChI is InChI=1S/C57H32O2/c1-2-13-36-33(12-1)26-28-44-55-41(20-11-25-51(55)59-56(36)44)37-29-31-52-54-40(37)18-9-19-42(54)45-32-34(27-30-50(45)58-52)35-17-10-24-49-53(35)43-16-5-8-23-48(43)57(49)46-21-6-3-14-38(46)39-15-4-7-22-47(39)57/h1-32H. The van der Waals surface area contributed by atoms with E-state index in [-0.39, 0.29) is 5.41 Å². The van der Waals surface area contributed by atoms with Gasteiger partial charge in [-0.2, -0.15) is 0 Å². The number of hydrogen-bond acceptors (Lipinski definition) is 2. The molecule has 2 heterocycles. The maximum absolute atomic E-state index is 6.81. The minimum absolute atomic E-state index is 0.385. The quantitative estimate of drug-likeness (QED) is 0.176. The van der Waals surface area contributed by atoms with Crippen molar-refractivity contribution >= 4 is 43.5 Å². The van der Waals surface area contributed by atoms with Crippen molar-refractivity contribution in [2.24, 2.45) is 0 Å². The highest BCUT2D eigenvalue weighted by Gasteiger charge is 2.52. The lowest BCUT2D eigenvalue weighted by atomic mass is 9.70. The smallest absolute Gasteiger partial charge is 0.143 e. The zero-order valence-corrected chi connectivity index (χ0v) is 31.8. The second kappa shape index (κ2) is 11.2. The maximum atomic E-state index is 6.81. The van der Waals surface area contributed by atoms with Gasteiger partial charge in [0, 0.05) is 27.1 Å². The normalized spacial score (nSPS) is 13.7. The fourth-order valence-electron chi connectivity index (χ4n) is 11.2. The van der Waals surface area contributed by atoms with Crippen LogP contribution in [0.1, 0.15) is 22.3 Å². The molecule has 1 aromatic heterocycles. The molecular formula is C57H32O2. The lowest BCUT2D eigenvalue weighted by Crippen LogP contribution is -2.25. The third-order valence-electron chi connectivity index (χ3n) is 13.5. The van der Waals surface area contributed by atoms with Gasteiger partial charge in [-0.1, -0.05) is 164 Å². The molecule has 2 nitrogen and oxygen atoms in total. The highest BCUT2D eigenvalue weighted by atomic mass is 16.5. The minimum Gasteiger partial charge on any atom is -0.456 e. The summed E-state index contributed by atoms with van der Waals surface area (Å²) in [6, 6.07) is 71.1. The molecule has 0 radical (unpaired) electrons. The average molecular weight is 749 g/mol. The predicted molar refractivity (Wildman–Crippen MR) is 241 cm³/mol. The van der Waals surface area contributed by atoms with E-state index in [0.717, 1.165) is 66.3 Å². The summed E-state index contributed by atoms with van der Waals surface area (Å²) < 4.78 is 13.4. The first-order valence-corrected chi connectivity index (χ1v) is 20.4. The van der Waals surface area contributed by atoms with Crippen molar-refractivity contribution < 1.29 is 9.15 Å². The van der Waals surface area contributed by atoms with E-state index < -0.39 is 0 Å². The number of hydrogen-bond donors (Lipinski definition) is 0. The maximum Gasteiger partial charge on any atom is 0.143 e. The Labute approximate surface area is 340 Å². The fourth-order valence-corrected chi connectivity index (χ4v) is 11.2. The first-order chi connectivity index (χ1) is 29.3. The van der Waals surface area contributed by atoms with Crippen LogP contribution in [-0.4, -0.2) is 0 Å². The molecule has 272 valence electrons. The fraction of sp³-hybridized carbons (Fsp3) is 0.0175. The SMILES string of the molecule is c1ccc2c(c1)-c1ccccc1C21c2ccccc2-c2c(-c3ccc4c(c3)-c3cccc5c(-c6cccc7oc8c9ccccc9ccc8c67)ccc(c35)O4)cccc21. The van der Waals surface area contributed by atoms with Crippen LogP contribution in [0.2, 0.25) is 0 Å². The van der Waals surface area contributed by atoms with Gasteiger partial charge in [-0.05, 0) is 113 Å². The van der Waals surface area contributed by atoms with Gasteiger partial charge in [0.05, 0.1) is 5.41 Å². The molecule has 11 aromatic rings. The first-order valence-electron chi connectivity index (χ1n) is 20.4. The average Bonchev–Trinajstić information content (AvgIpc) is 3.94. The van der Waals surface area contributed by atoms with E-state index in [0.29, 0.717) is 0 Å². The molecule has 14 rings (SSSR count). The Kier molecular flexibility index (Phi) is 5.99. The highest BCUT2D eigenvalue weighted by Crippen LogP contribution is 2.64. The molecule has 2 heteroatoms. The van der Waals surface area contributed by atoms with Crippen LogP contribution < -0.4 is 4.74 Å². The molecule has 1 aliphatic heterocycles. The molecule has 0 amide bonds. The van der Waals surface area contributed by atoms with E-state index in [1.165, 1.54) is 66.6 Å². The van der Waals surface area contributed by atoms with Crippen molar-refractivity contribution in [3.8, 4) is 67.1 Å². The van der Waals surface area contributed by atoms with Crippen LogP contribution >= 0.6 is 0 Å². The van der Waals surface area contributed by atoms with Crippen molar-refractivity contribution in [2.45, 2.75) is 5.41 Å². The lowest BCUT2D eigenvalue weighted by molar-refractivity contribution is 0.487. The summed E-state index contributed by atoms with van der Waals surface area (Å²) in [5.74, 6) is 1.75. The van der Waals surface area contributed by atoms with E-state index in [1.54, 1.807) is 0 Å². The Hall–Kier alpha value is -7.68. The summed E-state index contributed by atoms with van der Waals surface area (Å²) >= 11 is 0. The summed E-state index contributed by atoms with van der Waals surface area (Å²) in [5, 5.41) is 6.86. The van der Waals surface area contributed by atoms with Crippen LogP contribution in [0.25, 0.3) is 99.1 Å². The summed E-state index contributed by atoms with van der Waals surface area (Å²) in [6.45, 7) is 0. The Morgan fingerprint density at radius 3 is 1.78 bits per heavy atom. The van der Waals surface area contributed by atoms with Gasteiger partial charge in [-0.3, -0.25) is 0 Å². The summed E-state index contributed by atoms with van der Waals surface area (Å²) in [4.78, 5) is 0. The summed E-state index contributed by atoms with van der Waals surface area (Å²) in [7, 11) is 0. The van der Waals surface area contributed by atoms with E-state index in [1.807, 2.05) is 0 Å². The van der Waals surface area contributed by atoms with Crippen molar-refractivity contribution in [1.82, 2.24) is 0 Å². The largest absolute Gasteiger partial charge is 0.456 e. The molecule has 10 aromatic carbocycles. The number of rotatable bonds is 2. The van der Waals surface area contributed by atoms with E-state index in [4.69, 9.17) is 9.15 Å². The monoisotopic (exact) mass is 748 g/mol. The van der Waals surface area contributed by atoms with Crippen LogP contribution in [0, 0.1) is 0 Å². The van der Waals surface area contributed by atoms with Crippen LogP contribution in [0.5, 0.6) is 11.5 Å². The zero-order valence-electron chi connectivity index (χ0n) is 31.8. The Morgan fingerprint density at radius 2 is 0.949 bits per heavy atom. The molecule has 0 saturated heterocycles. The van der Waals surface area contributed by atoms with E-state index >= 15 is 0 Å². The second-order valence-corrected chi connectivity index (χ2v) is 16.2. The second-order valence-electron chi connectivity index (χ2n) is 16.2. The minimum atomic E-state index is -0.385. The molecule has 0 atom stereocenters. The molecule has 3 aliphatic rings. The van der Waals surface area contributed by atoms with Gasteiger partial charge in [-0.25, -0.2) is 0 Å². The lowest BCUT2D eigenvalue weighted by Gasteiger charge is -2.30. The van der Waals surface area contributed by atoms with E-state index in [2.05, 4.69) is 194 Å². The van der Waals surface area contributed by atoms with Crippen LogP contribution in [-0.2, 0) is 5.41 Å². The highest BCUT2D eigenvalue weighted by molar-refractivity contribution is 6.21. The third-order valence-corrected chi connectivity index (χ3v) is 13.5. The van der Waals surface area contributed by atoms with Gasteiger partial charge < -0.3 is 9.15 Å². The van der Waals surface area contributed by atoms with Gasteiger partial charge in [0.1, 0.15) is 22.7 Å². The molecule has 0 saturated carbocycles. The number of furan rings is 1.